The van der Waals surface area contributed by atoms with Crippen molar-refractivity contribution in [1.29, 1.82) is 0 Å². The Morgan fingerprint density at radius 2 is 1.84 bits per heavy atom. The lowest BCUT2D eigenvalue weighted by atomic mass is 10.0. The summed E-state index contributed by atoms with van der Waals surface area (Å²) in [4.78, 5) is 20.4. The summed E-state index contributed by atoms with van der Waals surface area (Å²) in [5, 5.41) is 4.79. The Morgan fingerprint density at radius 3 is 2.53 bits per heavy atom. The third-order valence-electron chi connectivity index (χ3n) is 5.98. The first-order valence-electron chi connectivity index (χ1n) is 10.7. The van der Waals surface area contributed by atoms with Crippen LogP contribution in [-0.2, 0) is 22.4 Å². The summed E-state index contributed by atoms with van der Waals surface area (Å²) in [6.07, 6.45) is -0.636. The van der Waals surface area contributed by atoms with Gasteiger partial charge in [-0.3, -0.25) is 4.79 Å². The number of nitrogens with zero attached hydrogens (tertiary/aromatic N) is 2. The van der Waals surface area contributed by atoms with Crippen LogP contribution in [0.1, 0.15) is 48.8 Å². The summed E-state index contributed by atoms with van der Waals surface area (Å²) in [5.41, 5.74) is 1.39. The standard InChI is InChI=1S/C24H24ClF3N2O2/c25-20-10-8-17(9-11-20)22-13-21(32-29-22)15-30(23(31)18-5-1-2-6-18)14-16-4-3-7-19(12-16)24(26,27)28/h3-4,7-12,18,21H,1-2,5-6,13-15H2/t21-/m1/s1. The van der Waals surface area contributed by atoms with E-state index in [4.69, 9.17) is 16.4 Å². The fourth-order valence-electron chi connectivity index (χ4n) is 4.31. The van der Waals surface area contributed by atoms with Gasteiger partial charge in [0.25, 0.3) is 0 Å². The van der Waals surface area contributed by atoms with Crippen molar-refractivity contribution >= 4 is 23.2 Å². The van der Waals surface area contributed by atoms with Gasteiger partial charge in [-0.15, -0.1) is 0 Å². The maximum Gasteiger partial charge on any atom is 0.416 e. The Bertz CT molecular complexity index is 985. The second-order valence-corrected chi connectivity index (χ2v) is 8.81. The number of hydrogen-bond acceptors (Lipinski definition) is 3. The van der Waals surface area contributed by atoms with Crippen LogP contribution in [0.25, 0.3) is 0 Å². The van der Waals surface area contributed by atoms with Gasteiger partial charge in [0.2, 0.25) is 5.91 Å². The first kappa shape index (κ1) is 22.6. The van der Waals surface area contributed by atoms with Crippen molar-refractivity contribution < 1.29 is 22.8 Å². The van der Waals surface area contributed by atoms with E-state index in [0.29, 0.717) is 17.0 Å². The van der Waals surface area contributed by atoms with E-state index in [1.54, 1.807) is 23.1 Å². The summed E-state index contributed by atoms with van der Waals surface area (Å²) < 4.78 is 39.4. The van der Waals surface area contributed by atoms with Gasteiger partial charge < -0.3 is 9.74 Å². The molecule has 2 aromatic rings. The minimum Gasteiger partial charge on any atom is -0.390 e. The molecule has 1 aliphatic heterocycles. The molecule has 4 rings (SSSR count). The molecule has 1 saturated carbocycles. The predicted molar refractivity (Wildman–Crippen MR) is 116 cm³/mol. The van der Waals surface area contributed by atoms with E-state index >= 15 is 0 Å². The lowest BCUT2D eigenvalue weighted by Crippen LogP contribution is -2.40. The lowest BCUT2D eigenvalue weighted by molar-refractivity contribution is -0.137. The van der Waals surface area contributed by atoms with E-state index in [-0.39, 0.29) is 31.0 Å². The van der Waals surface area contributed by atoms with Gasteiger partial charge in [-0.25, -0.2) is 0 Å². The monoisotopic (exact) mass is 464 g/mol. The average molecular weight is 465 g/mol. The fraction of sp³-hybridized carbons (Fsp3) is 0.417. The molecule has 0 unspecified atom stereocenters. The van der Waals surface area contributed by atoms with Gasteiger partial charge in [-0.05, 0) is 48.2 Å². The molecule has 1 fully saturated rings. The number of oxime groups is 1. The number of carbonyl (C=O) groups excluding carboxylic acids is 1. The highest BCUT2D eigenvalue weighted by Crippen LogP contribution is 2.31. The maximum absolute atomic E-state index is 13.2. The quantitative estimate of drug-likeness (QED) is 0.520. The normalized spacial score (nSPS) is 19.0. The van der Waals surface area contributed by atoms with Crippen molar-refractivity contribution in [3.05, 3.63) is 70.2 Å². The largest absolute Gasteiger partial charge is 0.416 e. The highest BCUT2D eigenvalue weighted by molar-refractivity contribution is 6.30. The summed E-state index contributed by atoms with van der Waals surface area (Å²) in [6, 6.07) is 12.4. The highest BCUT2D eigenvalue weighted by atomic mass is 35.5. The molecule has 0 bridgehead atoms. The summed E-state index contributed by atoms with van der Waals surface area (Å²) in [7, 11) is 0. The van der Waals surface area contributed by atoms with Crippen molar-refractivity contribution in [3.63, 3.8) is 0 Å². The summed E-state index contributed by atoms with van der Waals surface area (Å²) in [6.45, 7) is 0.377. The minimum atomic E-state index is -4.42. The smallest absolute Gasteiger partial charge is 0.390 e. The van der Waals surface area contributed by atoms with Crippen molar-refractivity contribution in [3.8, 4) is 0 Å². The average Bonchev–Trinajstić information content (AvgIpc) is 3.45. The van der Waals surface area contributed by atoms with Gasteiger partial charge in [-0.2, -0.15) is 13.2 Å². The van der Waals surface area contributed by atoms with Crippen LogP contribution in [0.3, 0.4) is 0 Å². The number of halogens is 4. The molecule has 8 heteroatoms. The molecular weight excluding hydrogens is 441 g/mol. The highest BCUT2D eigenvalue weighted by Gasteiger charge is 2.33. The van der Waals surface area contributed by atoms with Crippen molar-refractivity contribution in [2.75, 3.05) is 6.54 Å². The summed E-state index contributed by atoms with van der Waals surface area (Å²) >= 11 is 5.94. The number of carbonyl (C=O) groups is 1. The van der Waals surface area contributed by atoms with Crippen LogP contribution in [0.15, 0.2) is 53.7 Å². The molecule has 0 saturated heterocycles. The molecular formula is C24H24ClF3N2O2. The third kappa shape index (κ3) is 5.44. The predicted octanol–water partition coefficient (Wildman–Crippen LogP) is 6.07. The van der Waals surface area contributed by atoms with Crippen molar-refractivity contribution in [2.24, 2.45) is 11.1 Å². The van der Waals surface area contributed by atoms with Crippen molar-refractivity contribution in [1.82, 2.24) is 4.90 Å². The zero-order valence-corrected chi connectivity index (χ0v) is 18.2. The lowest BCUT2D eigenvalue weighted by Gasteiger charge is -2.28. The molecule has 1 atom stereocenters. The Labute approximate surface area is 190 Å². The number of hydrogen-bond donors (Lipinski definition) is 0. The van der Waals surface area contributed by atoms with E-state index in [2.05, 4.69) is 5.16 Å². The van der Waals surface area contributed by atoms with Gasteiger partial charge in [0.05, 0.1) is 17.8 Å². The number of alkyl halides is 3. The topological polar surface area (TPSA) is 41.9 Å². The Kier molecular flexibility index (Phi) is 6.74. The minimum absolute atomic E-state index is 0.0246. The van der Waals surface area contributed by atoms with Crippen LogP contribution < -0.4 is 0 Å². The van der Waals surface area contributed by atoms with Gasteiger partial charge in [0.1, 0.15) is 0 Å². The number of rotatable bonds is 6. The molecule has 0 spiro atoms. The molecule has 0 aromatic heterocycles. The summed E-state index contributed by atoms with van der Waals surface area (Å²) in [5.74, 6) is -0.109. The third-order valence-corrected chi connectivity index (χ3v) is 6.23. The van der Waals surface area contributed by atoms with Gasteiger partial charge in [0.15, 0.2) is 6.10 Å². The molecule has 2 aromatic carbocycles. The van der Waals surface area contributed by atoms with Crippen molar-refractivity contribution in [2.45, 2.75) is 50.9 Å². The molecule has 1 aliphatic carbocycles. The van der Waals surface area contributed by atoms with Crippen LogP contribution in [0, 0.1) is 5.92 Å². The molecule has 0 radical (unpaired) electrons. The second-order valence-electron chi connectivity index (χ2n) is 8.37. The SMILES string of the molecule is O=C(C1CCCC1)N(Cc1cccc(C(F)(F)F)c1)C[C@H]1CC(c2ccc(Cl)cc2)=NO1. The zero-order valence-electron chi connectivity index (χ0n) is 17.4. The van der Waals surface area contributed by atoms with Gasteiger partial charge >= 0.3 is 6.18 Å². The van der Waals surface area contributed by atoms with E-state index in [9.17, 15) is 18.0 Å². The first-order valence-corrected chi connectivity index (χ1v) is 11.1. The van der Waals surface area contributed by atoms with Crippen LogP contribution >= 0.6 is 11.6 Å². The Morgan fingerprint density at radius 1 is 1.12 bits per heavy atom. The van der Waals surface area contributed by atoms with Crippen LogP contribution in [0.5, 0.6) is 0 Å². The molecule has 170 valence electrons. The molecule has 0 N–H and O–H groups in total. The molecule has 32 heavy (non-hydrogen) atoms. The van der Waals surface area contributed by atoms with Crippen LogP contribution in [-0.4, -0.2) is 29.2 Å². The second kappa shape index (κ2) is 9.53. The van der Waals surface area contributed by atoms with Crippen LogP contribution in [0.4, 0.5) is 13.2 Å². The van der Waals surface area contributed by atoms with Gasteiger partial charge in [0, 0.05) is 23.9 Å². The van der Waals surface area contributed by atoms with E-state index in [1.807, 2.05) is 12.1 Å². The van der Waals surface area contributed by atoms with Gasteiger partial charge in [-0.1, -0.05) is 53.9 Å². The van der Waals surface area contributed by atoms with E-state index in [1.165, 1.54) is 6.07 Å². The fourth-order valence-corrected chi connectivity index (χ4v) is 4.44. The Balaban J connectivity index is 1.48. The Hall–Kier alpha value is -2.54. The molecule has 4 nitrogen and oxygen atoms in total. The molecule has 1 heterocycles. The van der Waals surface area contributed by atoms with Crippen LogP contribution in [0.2, 0.25) is 5.02 Å². The molecule has 1 amide bonds. The first-order chi connectivity index (χ1) is 15.3. The zero-order chi connectivity index (χ0) is 22.7. The maximum atomic E-state index is 13.2. The molecule has 2 aliphatic rings. The van der Waals surface area contributed by atoms with E-state index < -0.39 is 11.7 Å². The number of amides is 1. The van der Waals surface area contributed by atoms with E-state index in [0.717, 1.165) is 49.1 Å². The number of benzene rings is 2.